The molecule has 0 spiro atoms. The van der Waals surface area contributed by atoms with Crippen LogP contribution in [0.1, 0.15) is 5.56 Å². The van der Waals surface area contributed by atoms with E-state index in [1.807, 2.05) is 66.0 Å². The van der Waals surface area contributed by atoms with Crippen LogP contribution in [-0.2, 0) is 4.79 Å². The van der Waals surface area contributed by atoms with Crippen LogP contribution in [0.2, 0.25) is 0 Å². The molecule has 0 radical (unpaired) electrons. The first-order chi connectivity index (χ1) is 19.0. The average molecular weight is 653 g/mol. The highest BCUT2D eigenvalue weighted by Crippen LogP contribution is 2.35. The van der Waals surface area contributed by atoms with Crippen LogP contribution in [0.25, 0.3) is 17.3 Å². The molecule has 10 heteroatoms. The van der Waals surface area contributed by atoms with Crippen molar-refractivity contribution in [1.82, 2.24) is 4.98 Å². The fraction of sp³-hybridized carbons (Fsp3) is 0.138. The average Bonchev–Trinajstić information content (AvgIpc) is 3.43. The second kappa shape index (κ2) is 13.6. The van der Waals surface area contributed by atoms with E-state index >= 15 is 0 Å². The molecule has 39 heavy (non-hydrogen) atoms. The summed E-state index contributed by atoms with van der Waals surface area (Å²) >= 11 is 3.42. The number of aromatic nitrogens is 1. The van der Waals surface area contributed by atoms with E-state index in [0.29, 0.717) is 40.3 Å². The minimum absolute atomic E-state index is 0.0665. The number of halogens is 1. The Balaban J connectivity index is 1.42. The summed E-state index contributed by atoms with van der Waals surface area (Å²) in [6.45, 7) is 0.562. The Labute approximate surface area is 244 Å². The Kier molecular flexibility index (Phi) is 9.77. The maximum Gasteiger partial charge on any atom is 0.268 e. The Bertz CT molecular complexity index is 1520. The van der Waals surface area contributed by atoms with Gasteiger partial charge in [-0.05, 0) is 58.5 Å². The number of anilines is 1. The lowest BCUT2D eigenvalue weighted by Crippen LogP contribution is -2.13. The molecular weight excluding hydrogens is 629 g/mol. The molecule has 0 aliphatic carbocycles. The van der Waals surface area contributed by atoms with Gasteiger partial charge in [-0.2, -0.15) is 5.26 Å². The van der Waals surface area contributed by atoms with Crippen molar-refractivity contribution in [2.75, 3.05) is 32.8 Å². The van der Waals surface area contributed by atoms with Gasteiger partial charge in [0.15, 0.2) is 28.1 Å². The molecule has 1 N–H and O–H groups in total. The molecule has 0 saturated heterocycles. The molecule has 3 aromatic carbocycles. The Morgan fingerprint density at radius 3 is 2.41 bits per heavy atom. The molecule has 0 bridgehead atoms. The van der Waals surface area contributed by atoms with Gasteiger partial charge in [0.05, 0.1) is 23.5 Å². The van der Waals surface area contributed by atoms with Gasteiger partial charge in [0.25, 0.3) is 5.91 Å². The monoisotopic (exact) mass is 653 g/mol. The van der Waals surface area contributed by atoms with Crippen LogP contribution in [0.4, 0.5) is 5.13 Å². The van der Waals surface area contributed by atoms with Gasteiger partial charge in [-0.15, -0.1) is 11.3 Å². The van der Waals surface area contributed by atoms with Crippen LogP contribution < -0.4 is 24.3 Å². The summed E-state index contributed by atoms with van der Waals surface area (Å²) in [5.74, 6) is 1.73. The zero-order valence-corrected chi connectivity index (χ0v) is 24.1. The molecule has 4 rings (SSSR count). The van der Waals surface area contributed by atoms with Crippen molar-refractivity contribution < 1.29 is 23.7 Å². The summed E-state index contributed by atoms with van der Waals surface area (Å²) in [5.41, 5.74) is 2.25. The highest BCUT2D eigenvalue weighted by molar-refractivity contribution is 14.1. The van der Waals surface area contributed by atoms with Crippen LogP contribution in [0.5, 0.6) is 23.0 Å². The second-order valence-corrected chi connectivity index (χ2v) is 9.93. The highest BCUT2D eigenvalue weighted by Gasteiger charge is 2.16. The molecule has 198 valence electrons. The first kappa shape index (κ1) is 27.9. The number of nitrogens with zero attached hydrogens (tertiary/aromatic N) is 2. The van der Waals surface area contributed by atoms with E-state index in [0.717, 1.165) is 14.8 Å². The third-order valence-corrected chi connectivity index (χ3v) is 6.94. The molecule has 8 nitrogen and oxygen atoms in total. The van der Waals surface area contributed by atoms with Gasteiger partial charge in [0, 0.05) is 10.9 Å². The zero-order valence-electron chi connectivity index (χ0n) is 21.1. The first-order valence-electron chi connectivity index (χ1n) is 11.7. The molecule has 0 saturated carbocycles. The number of hydrogen-bond donors (Lipinski definition) is 1. The molecule has 1 amide bonds. The fourth-order valence-corrected chi connectivity index (χ4v) is 5.04. The van der Waals surface area contributed by atoms with Crippen LogP contribution in [0, 0.1) is 14.9 Å². The van der Waals surface area contributed by atoms with Crippen LogP contribution in [0.15, 0.2) is 77.7 Å². The van der Waals surface area contributed by atoms with Crippen molar-refractivity contribution in [2.24, 2.45) is 0 Å². The van der Waals surface area contributed by atoms with Gasteiger partial charge in [0.2, 0.25) is 0 Å². The summed E-state index contributed by atoms with van der Waals surface area (Å²) in [5, 5.41) is 14.6. The normalized spacial score (nSPS) is 10.9. The third kappa shape index (κ3) is 7.28. The molecule has 0 atom stereocenters. The number of nitriles is 1. The summed E-state index contributed by atoms with van der Waals surface area (Å²) < 4.78 is 23.3. The number of ether oxygens (including phenoxy) is 4. The quantitative estimate of drug-likeness (QED) is 0.0861. The summed E-state index contributed by atoms with van der Waals surface area (Å²) in [6, 6.07) is 22.5. The minimum atomic E-state index is -0.547. The standard InChI is InChI=1S/C29H24IN3O5S/c1-35-24-10-6-7-11-25(24)37-12-13-38-27-22(30)15-19(16-26(27)36-2)14-21(17-31)28(34)33-29-32-23(18-39-29)20-8-4-3-5-9-20/h3-11,14-16,18H,12-13H2,1-2H3,(H,32,33,34)/b21-14-. The van der Waals surface area contributed by atoms with Gasteiger partial charge in [0.1, 0.15) is 24.9 Å². The molecule has 0 unspecified atom stereocenters. The fourth-order valence-electron chi connectivity index (χ4n) is 3.55. The van der Waals surface area contributed by atoms with Crippen molar-refractivity contribution in [3.8, 4) is 40.3 Å². The Morgan fingerprint density at radius 2 is 1.69 bits per heavy atom. The van der Waals surface area contributed by atoms with E-state index in [-0.39, 0.29) is 12.2 Å². The molecular formula is C29H24IN3O5S. The van der Waals surface area contributed by atoms with Crippen molar-refractivity contribution >= 4 is 51.0 Å². The molecule has 0 fully saturated rings. The smallest absolute Gasteiger partial charge is 0.268 e. The van der Waals surface area contributed by atoms with E-state index in [1.165, 1.54) is 24.5 Å². The van der Waals surface area contributed by atoms with Gasteiger partial charge in [-0.3, -0.25) is 10.1 Å². The lowest BCUT2D eigenvalue weighted by molar-refractivity contribution is -0.112. The SMILES string of the molecule is COc1ccccc1OCCOc1c(I)cc(/C=C(/C#N)C(=O)Nc2nc(-c3ccccc3)cs2)cc1OC. The number of carbonyl (C=O) groups is 1. The maximum absolute atomic E-state index is 12.8. The predicted molar refractivity (Wildman–Crippen MR) is 159 cm³/mol. The van der Waals surface area contributed by atoms with E-state index in [1.54, 1.807) is 19.2 Å². The van der Waals surface area contributed by atoms with Crippen molar-refractivity contribution in [2.45, 2.75) is 0 Å². The van der Waals surface area contributed by atoms with Crippen molar-refractivity contribution in [3.05, 3.63) is 86.8 Å². The van der Waals surface area contributed by atoms with Crippen molar-refractivity contribution in [3.63, 3.8) is 0 Å². The number of amides is 1. The summed E-state index contributed by atoms with van der Waals surface area (Å²) in [6.07, 6.45) is 1.50. The number of thiazole rings is 1. The maximum atomic E-state index is 12.8. The number of benzene rings is 3. The predicted octanol–water partition coefficient (Wildman–Crippen LogP) is 6.44. The van der Waals surface area contributed by atoms with Crippen LogP contribution >= 0.6 is 33.9 Å². The molecule has 1 aromatic heterocycles. The molecule has 4 aromatic rings. The van der Waals surface area contributed by atoms with Crippen molar-refractivity contribution in [1.29, 1.82) is 5.26 Å². The summed E-state index contributed by atoms with van der Waals surface area (Å²) in [7, 11) is 3.12. The zero-order chi connectivity index (χ0) is 27.6. The van der Waals surface area contributed by atoms with E-state index in [9.17, 15) is 10.1 Å². The number of para-hydroxylation sites is 2. The highest BCUT2D eigenvalue weighted by atomic mass is 127. The van der Waals surface area contributed by atoms with E-state index in [2.05, 4.69) is 32.9 Å². The first-order valence-corrected chi connectivity index (χ1v) is 13.7. The molecule has 0 aliphatic heterocycles. The van der Waals surface area contributed by atoms with Gasteiger partial charge in [-0.1, -0.05) is 42.5 Å². The Hall–Kier alpha value is -4.08. The van der Waals surface area contributed by atoms with Gasteiger partial charge >= 0.3 is 0 Å². The van der Waals surface area contributed by atoms with Crippen LogP contribution in [0.3, 0.4) is 0 Å². The van der Waals surface area contributed by atoms with Gasteiger partial charge < -0.3 is 18.9 Å². The Morgan fingerprint density at radius 1 is 1.00 bits per heavy atom. The number of hydrogen-bond acceptors (Lipinski definition) is 8. The van der Waals surface area contributed by atoms with E-state index < -0.39 is 5.91 Å². The minimum Gasteiger partial charge on any atom is -0.493 e. The lowest BCUT2D eigenvalue weighted by atomic mass is 10.1. The number of nitrogens with one attached hydrogen (secondary N) is 1. The molecule has 0 aliphatic rings. The number of carbonyl (C=O) groups excluding carboxylic acids is 1. The summed E-state index contributed by atoms with van der Waals surface area (Å²) in [4.78, 5) is 17.3. The second-order valence-electron chi connectivity index (χ2n) is 7.91. The number of methoxy groups -OCH3 is 2. The topological polar surface area (TPSA) is 103 Å². The number of rotatable bonds is 11. The van der Waals surface area contributed by atoms with Gasteiger partial charge in [-0.25, -0.2) is 4.98 Å². The van der Waals surface area contributed by atoms with Crippen LogP contribution in [-0.4, -0.2) is 38.3 Å². The third-order valence-electron chi connectivity index (χ3n) is 5.38. The molecule has 1 heterocycles. The largest absolute Gasteiger partial charge is 0.493 e. The lowest BCUT2D eigenvalue weighted by Gasteiger charge is -2.15. The van der Waals surface area contributed by atoms with E-state index in [4.69, 9.17) is 18.9 Å².